The zero-order chi connectivity index (χ0) is 9.97. The van der Waals surface area contributed by atoms with Gasteiger partial charge in [-0.2, -0.15) is 0 Å². The lowest BCUT2D eigenvalue weighted by molar-refractivity contribution is 0.887. The third-order valence-corrected chi connectivity index (χ3v) is 3.02. The van der Waals surface area contributed by atoms with Gasteiger partial charge in [-0.3, -0.25) is 4.98 Å². The molecule has 0 radical (unpaired) electrons. The van der Waals surface area contributed by atoms with E-state index in [0.717, 1.165) is 10.4 Å². The van der Waals surface area contributed by atoms with Crippen LogP contribution in [-0.4, -0.2) is 4.98 Å². The lowest BCUT2D eigenvalue weighted by Gasteiger charge is -2.09. The van der Waals surface area contributed by atoms with Crippen LogP contribution in [0.3, 0.4) is 0 Å². The maximum Gasteiger partial charge on any atom is 0.0794 e. The molecule has 0 aliphatic rings. The second-order valence-electron chi connectivity index (χ2n) is 3.30. The minimum absolute atomic E-state index is 0.0394. The van der Waals surface area contributed by atoms with Crippen molar-refractivity contribution in [2.45, 2.75) is 13.0 Å². The number of rotatable bonds is 2. The number of hydrogen-bond donors (Lipinski definition) is 1. The fourth-order valence-corrected chi connectivity index (χ4v) is 2.05. The highest BCUT2D eigenvalue weighted by molar-refractivity contribution is 7.09. The van der Waals surface area contributed by atoms with Crippen LogP contribution < -0.4 is 5.73 Å². The average Bonchev–Trinajstić information content (AvgIpc) is 2.69. The van der Waals surface area contributed by atoms with E-state index in [1.54, 1.807) is 11.3 Å². The third kappa shape index (κ3) is 1.84. The maximum absolute atomic E-state index is 6.10. The molecule has 1 atom stereocenters. The van der Waals surface area contributed by atoms with Crippen molar-refractivity contribution in [3.63, 3.8) is 0 Å². The number of benzene rings is 1. The van der Waals surface area contributed by atoms with Crippen molar-refractivity contribution in [3.8, 4) is 0 Å². The Bertz CT molecular complexity index is 409. The molecule has 2 aromatic rings. The lowest BCUT2D eigenvalue weighted by atomic mass is 10.0. The van der Waals surface area contributed by atoms with E-state index in [2.05, 4.69) is 30.1 Å². The van der Waals surface area contributed by atoms with Crippen LogP contribution in [0.5, 0.6) is 0 Å². The predicted octanol–water partition coefficient (Wildman–Crippen LogP) is 2.50. The van der Waals surface area contributed by atoms with E-state index < -0.39 is 0 Å². The van der Waals surface area contributed by atoms with Gasteiger partial charge in [0.15, 0.2) is 0 Å². The van der Waals surface area contributed by atoms with Crippen LogP contribution in [0, 0.1) is 6.92 Å². The van der Waals surface area contributed by atoms with Crippen LogP contribution >= 0.6 is 11.3 Å². The van der Waals surface area contributed by atoms with Gasteiger partial charge in [0.05, 0.1) is 11.6 Å². The van der Waals surface area contributed by atoms with Gasteiger partial charge in [-0.15, -0.1) is 11.3 Å². The van der Waals surface area contributed by atoms with Gasteiger partial charge in [0, 0.05) is 11.1 Å². The quantitative estimate of drug-likeness (QED) is 0.816. The molecule has 72 valence electrons. The number of aryl methyl sites for hydroxylation is 1. The third-order valence-electron chi connectivity index (χ3n) is 2.16. The van der Waals surface area contributed by atoms with Crippen molar-refractivity contribution >= 4 is 11.3 Å². The molecule has 2 nitrogen and oxygen atoms in total. The summed E-state index contributed by atoms with van der Waals surface area (Å²) in [6.07, 6.45) is 1.83. The van der Waals surface area contributed by atoms with E-state index in [0.29, 0.717) is 0 Å². The van der Waals surface area contributed by atoms with E-state index in [4.69, 9.17) is 5.73 Å². The number of hydrogen-bond acceptors (Lipinski definition) is 3. The molecule has 0 fully saturated rings. The van der Waals surface area contributed by atoms with E-state index in [-0.39, 0.29) is 6.04 Å². The highest BCUT2D eigenvalue weighted by Crippen LogP contribution is 2.22. The summed E-state index contributed by atoms with van der Waals surface area (Å²) in [6.45, 7) is 2.07. The molecule has 0 aliphatic carbocycles. The second-order valence-corrected chi connectivity index (χ2v) is 4.21. The van der Waals surface area contributed by atoms with Crippen LogP contribution in [0.2, 0.25) is 0 Å². The smallest absolute Gasteiger partial charge is 0.0794 e. The van der Waals surface area contributed by atoms with E-state index in [9.17, 15) is 0 Å². The minimum atomic E-state index is -0.0394. The molecule has 0 amide bonds. The molecule has 0 bridgehead atoms. The molecule has 0 aliphatic heterocycles. The van der Waals surface area contributed by atoms with Gasteiger partial charge in [-0.05, 0) is 12.5 Å². The molecule has 1 aromatic carbocycles. The molecule has 2 rings (SSSR count). The first kappa shape index (κ1) is 9.37. The van der Waals surface area contributed by atoms with Crippen molar-refractivity contribution in [1.82, 2.24) is 4.98 Å². The van der Waals surface area contributed by atoms with Gasteiger partial charge >= 0.3 is 0 Å². The highest BCUT2D eigenvalue weighted by Gasteiger charge is 2.09. The number of thiazole rings is 1. The Kier molecular flexibility index (Phi) is 2.61. The van der Waals surface area contributed by atoms with Crippen molar-refractivity contribution in [2.24, 2.45) is 5.73 Å². The molecule has 3 heteroatoms. The standard InChI is InChI=1S/C11H12N2S/c1-8-3-2-4-9(5-8)11(12)10-6-13-7-14-10/h2-7,11H,12H2,1H3. The van der Waals surface area contributed by atoms with Crippen molar-refractivity contribution in [2.75, 3.05) is 0 Å². The zero-order valence-electron chi connectivity index (χ0n) is 7.97. The predicted molar refractivity (Wildman–Crippen MR) is 59.3 cm³/mol. The van der Waals surface area contributed by atoms with Crippen LogP contribution in [-0.2, 0) is 0 Å². The Labute approximate surface area is 87.4 Å². The van der Waals surface area contributed by atoms with Crippen LogP contribution in [0.15, 0.2) is 36.0 Å². The zero-order valence-corrected chi connectivity index (χ0v) is 8.79. The summed E-state index contributed by atoms with van der Waals surface area (Å²) in [7, 11) is 0. The van der Waals surface area contributed by atoms with Crippen molar-refractivity contribution in [1.29, 1.82) is 0 Å². The summed E-state index contributed by atoms with van der Waals surface area (Å²) in [5, 5.41) is 0. The Balaban J connectivity index is 2.32. The molecule has 14 heavy (non-hydrogen) atoms. The van der Waals surface area contributed by atoms with Gasteiger partial charge in [-0.25, -0.2) is 0 Å². The molecule has 0 saturated carbocycles. The minimum Gasteiger partial charge on any atom is -0.320 e. The van der Waals surface area contributed by atoms with Crippen LogP contribution in [0.25, 0.3) is 0 Å². The number of nitrogens with two attached hydrogens (primary N) is 1. The Morgan fingerprint density at radius 1 is 1.43 bits per heavy atom. The summed E-state index contributed by atoms with van der Waals surface area (Å²) < 4.78 is 0. The monoisotopic (exact) mass is 204 g/mol. The normalized spacial score (nSPS) is 12.7. The summed E-state index contributed by atoms with van der Waals surface area (Å²) in [4.78, 5) is 5.14. The average molecular weight is 204 g/mol. The van der Waals surface area contributed by atoms with Gasteiger partial charge in [0.2, 0.25) is 0 Å². The Morgan fingerprint density at radius 2 is 2.29 bits per heavy atom. The molecule has 1 heterocycles. The largest absolute Gasteiger partial charge is 0.320 e. The Hall–Kier alpha value is -1.19. The molecule has 0 spiro atoms. The molecular weight excluding hydrogens is 192 g/mol. The molecule has 0 saturated heterocycles. The van der Waals surface area contributed by atoms with E-state index in [1.165, 1.54) is 5.56 Å². The SMILES string of the molecule is Cc1cccc(C(N)c2cncs2)c1. The first-order chi connectivity index (χ1) is 6.77. The summed E-state index contributed by atoms with van der Waals surface area (Å²) >= 11 is 1.60. The summed E-state index contributed by atoms with van der Waals surface area (Å²) in [5.74, 6) is 0. The fraction of sp³-hybridized carbons (Fsp3) is 0.182. The van der Waals surface area contributed by atoms with Gasteiger partial charge in [0.1, 0.15) is 0 Å². The maximum atomic E-state index is 6.10. The number of aromatic nitrogens is 1. The highest BCUT2D eigenvalue weighted by atomic mass is 32.1. The Morgan fingerprint density at radius 3 is 2.93 bits per heavy atom. The molecule has 1 aromatic heterocycles. The second kappa shape index (κ2) is 3.90. The molecule has 2 N–H and O–H groups in total. The molecule has 1 unspecified atom stereocenters. The fourth-order valence-electron chi connectivity index (χ4n) is 1.41. The van der Waals surface area contributed by atoms with E-state index in [1.807, 2.05) is 17.8 Å². The number of nitrogens with zero attached hydrogens (tertiary/aromatic N) is 1. The topological polar surface area (TPSA) is 38.9 Å². The van der Waals surface area contributed by atoms with Gasteiger partial charge in [0.25, 0.3) is 0 Å². The molecular formula is C11H12N2S. The van der Waals surface area contributed by atoms with Crippen LogP contribution in [0.4, 0.5) is 0 Å². The first-order valence-electron chi connectivity index (χ1n) is 4.48. The lowest BCUT2D eigenvalue weighted by Crippen LogP contribution is -2.10. The van der Waals surface area contributed by atoms with Crippen molar-refractivity contribution in [3.05, 3.63) is 52.0 Å². The van der Waals surface area contributed by atoms with Crippen molar-refractivity contribution < 1.29 is 0 Å². The first-order valence-corrected chi connectivity index (χ1v) is 5.36. The van der Waals surface area contributed by atoms with Gasteiger partial charge in [-0.1, -0.05) is 29.8 Å². The van der Waals surface area contributed by atoms with E-state index >= 15 is 0 Å². The van der Waals surface area contributed by atoms with Crippen LogP contribution in [0.1, 0.15) is 22.0 Å². The van der Waals surface area contributed by atoms with Gasteiger partial charge < -0.3 is 5.73 Å². The summed E-state index contributed by atoms with van der Waals surface area (Å²) in [5.41, 5.74) is 10.3. The summed E-state index contributed by atoms with van der Waals surface area (Å²) in [6, 6.07) is 8.23.